The molecule has 1 saturated carbocycles. The van der Waals surface area contributed by atoms with Gasteiger partial charge in [0.25, 0.3) is 5.91 Å². The van der Waals surface area contributed by atoms with E-state index in [1.807, 2.05) is 12.3 Å². The van der Waals surface area contributed by atoms with Crippen molar-refractivity contribution in [2.24, 2.45) is 0 Å². The summed E-state index contributed by atoms with van der Waals surface area (Å²) in [6.07, 6.45) is 2.21. The van der Waals surface area contributed by atoms with Crippen LogP contribution in [0.15, 0.2) is 48.8 Å². The summed E-state index contributed by atoms with van der Waals surface area (Å²) in [5.41, 5.74) is -0.0870. The number of hydrogen-bond donors (Lipinski definition) is 2. The molecule has 7 nitrogen and oxygen atoms in total. The molecule has 3 unspecified atom stereocenters. The van der Waals surface area contributed by atoms with Gasteiger partial charge in [-0.25, -0.2) is 0 Å². The second kappa shape index (κ2) is 8.66. The van der Waals surface area contributed by atoms with Gasteiger partial charge in [-0.05, 0) is 43.5 Å². The number of fused-ring (bicyclic) bond motifs is 1. The van der Waals surface area contributed by atoms with Crippen molar-refractivity contribution >= 4 is 11.8 Å². The average Bonchev–Trinajstić information content (AvgIpc) is 3.55. The molecule has 180 valence electrons. The molecule has 3 heterocycles. The van der Waals surface area contributed by atoms with Gasteiger partial charge in [0.05, 0.1) is 24.3 Å². The van der Waals surface area contributed by atoms with Gasteiger partial charge in [0, 0.05) is 42.7 Å². The summed E-state index contributed by atoms with van der Waals surface area (Å²) in [7, 11) is 0. The Morgan fingerprint density at radius 2 is 2.03 bits per heavy atom. The highest BCUT2D eigenvalue weighted by Crippen LogP contribution is 2.55. The largest absolute Gasteiger partial charge is 0.416 e. The number of epoxide rings is 1. The number of aromatic nitrogens is 1. The van der Waals surface area contributed by atoms with Crippen molar-refractivity contribution in [1.82, 2.24) is 20.5 Å². The predicted molar refractivity (Wildman–Crippen MR) is 116 cm³/mol. The summed E-state index contributed by atoms with van der Waals surface area (Å²) in [5.74, 6) is -1.09. The fraction of sp³-hybridized carbons (Fsp3) is 0.458. The maximum atomic E-state index is 12.8. The molecule has 3 fully saturated rings. The van der Waals surface area contributed by atoms with Crippen molar-refractivity contribution < 1.29 is 27.5 Å². The highest BCUT2D eigenvalue weighted by molar-refractivity contribution is 5.96. The van der Waals surface area contributed by atoms with Gasteiger partial charge >= 0.3 is 6.18 Å². The number of rotatable bonds is 6. The second-order valence-corrected chi connectivity index (χ2v) is 9.15. The molecule has 3 atom stereocenters. The number of nitrogens with zero attached hydrogens (tertiary/aromatic N) is 2. The summed E-state index contributed by atoms with van der Waals surface area (Å²) in [6, 6.07) is 8.51. The van der Waals surface area contributed by atoms with Gasteiger partial charge in [0.2, 0.25) is 5.91 Å². The molecule has 1 aromatic carbocycles. The van der Waals surface area contributed by atoms with Gasteiger partial charge in [0.15, 0.2) is 0 Å². The van der Waals surface area contributed by atoms with E-state index in [-0.39, 0.29) is 35.8 Å². The van der Waals surface area contributed by atoms with E-state index in [1.54, 1.807) is 6.20 Å². The molecule has 2 amide bonds. The lowest BCUT2D eigenvalue weighted by Gasteiger charge is -2.45. The number of likely N-dealkylation sites (tertiary alicyclic amines) is 1. The first-order valence-electron chi connectivity index (χ1n) is 11.3. The SMILES string of the molecule is O=C(CNC(=O)c1cccc(C(F)(F)F)c1)NC1CN(C2CCC3(c4cccnc4)OC3C2)C1. The number of hydrogen-bond acceptors (Lipinski definition) is 5. The summed E-state index contributed by atoms with van der Waals surface area (Å²) in [4.78, 5) is 30.9. The lowest BCUT2D eigenvalue weighted by Crippen LogP contribution is -2.63. The highest BCUT2D eigenvalue weighted by Gasteiger charge is 2.61. The van der Waals surface area contributed by atoms with Gasteiger partial charge < -0.3 is 15.4 Å². The Labute approximate surface area is 194 Å². The Morgan fingerprint density at radius 3 is 2.74 bits per heavy atom. The first-order chi connectivity index (χ1) is 16.2. The molecular formula is C24H25F3N4O3. The van der Waals surface area contributed by atoms with Crippen molar-refractivity contribution in [2.75, 3.05) is 19.6 Å². The van der Waals surface area contributed by atoms with E-state index in [0.29, 0.717) is 6.04 Å². The molecule has 1 aromatic heterocycles. The van der Waals surface area contributed by atoms with Gasteiger partial charge in [-0.1, -0.05) is 12.1 Å². The van der Waals surface area contributed by atoms with Crippen molar-refractivity contribution in [3.8, 4) is 0 Å². The topological polar surface area (TPSA) is 86.9 Å². The summed E-state index contributed by atoms with van der Waals surface area (Å²) in [5, 5.41) is 5.25. The Balaban J connectivity index is 1.04. The molecule has 2 aliphatic heterocycles. The number of alkyl halides is 3. The summed E-state index contributed by atoms with van der Waals surface area (Å²) >= 11 is 0. The van der Waals surface area contributed by atoms with Crippen LogP contribution in [0.4, 0.5) is 13.2 Å². The van der Waals surface area contributed by atoms with Crippen LogP contribution in [0, 0.1) is 0 Å². The summed E-state index contributed by atoms with van der Waals surface area (Å²) < 4.78 is 44.5. The number of amides is 2. The molecule has 5 rings (SSSR count). The van der Waals surface area contributed by atoms with Crippen LogP contribution in [0.25, 0.3) is 0 Å². The highest BCUT2D eigenvalue weighted by atomic mass is 19.4. The molecule has 1 aliphatic carbocycles. The number of benzene rings is 1. The maximum absolute atomic E-state index is 12.8. The zero-order valence-corrected chi connectivity index (χ0v) is 18.3. The molecule has 2 N–H and O–H groups in total. The molecule has 2 aromatic rings. The van der Waals surface area contributed by atoms with Crippen molar-refractivity contribution in [1.29, 1.82) is 0 Å². The van der Waals surface area contributed by atoms with Gasteiger partial charge in [-0.3, -0.25) is 19.5 Å². The number of pyridine rings is 1. The normalized spacial score (nSPS) is 26.8. The number of ether oxygens (including phenoxy) is 1. The number of halogens is 3. The van der Waals surface area contributed by atoms with E-state index in [1.165, 1.54) is 12.1 Å². The minimum Gasteiger partial charge on any atom is -0.361 e. The molecular weight excluding hydrogens is 449 g/mol. The quantitative estimate of drug-likeness (QED) is 0.629. The summed E-state index contributed by atoms with van der Waals surface area (Å²) in [6.45, 7) is 1.16. The fourth-order valence-corrected chi connectivity index (χ4v) is 5.05. The molecule has 34 heavy (non-hydrogen) atoms. The Kier molecular flexibility index (Phi) is 5.81. The zero-order chi connectivity index (χ0) is 23.9. The van der Waals surface area contributed by atoms with E-state index in [9.17, 15) is 22.8 Å². The van der Waals surface area contributed by atoms with Crippen LogP contribution in [0.2, 0.25) is 0 Å². The predicted octanol–water partition coefficient (Wildman–Crippen LogP) is 2.48. The van der Waals surface area contributed by atoms with Crippen molar-refractivity contribution in [3.63, 3.8) is 0 Å². The second-order valence-electron chi connectivity index (χ2n) is 9.15. The standard InChI is InChI=1S/C24H25F3N4O3/c25-24(26,27)16-4-1-3-15(9-16)22(33)29-12-21(32)30-18-13-31(14-18)19-6-7-23(20(10-19)34-23)17-5-2-8-28-11-17/h1-5,8-9,11,18-20H,6-7,10,12-14H2,(H,29,33)(H,30,32). The van der Waals surface area contributed by atoms with Crippen LogP contribution in [-0.2, 0) is 21.3 Å². The lowest BCUT2D eigenvalue weighted by molar-refractivity contribution is -0.137. The van der Waals surface area contributed by atoms with Gasteiger partial charge in [-0.2, -0.15) is 13.2 Å². The van der Waals surface area contributed by atoms with Crippen LogP contribution >= 0.6 is 0 Å². The van der Waals surface area contributed by atoms with E-state index in [4.69, 9.17) is 4.74 Å². The maximum Gasteiger partial charge on any atom is 0.416 e. The zero-order valence-electron chi connectivity index (χ0n) is 18.3. The number of carbonyl (C=O) groups excluding carboxylic acids is 2. The van der Waals surface area contributed by atoms with Gasteiger partial charge in [0.1, 0.15) is 5.60 Å². The number of carbonyl (C=O) groups is 2. The average molecular weight is 474 g/mol. The van der Waals surface area contributed by atoms with Crippen LogP contribution in [0.1, 0.15) is 40.7 Å². The molecule has 0 spiro atoms. The van der Waals surface area contributed by atoms with E-state index >= 15 is 0 Å². The molecule has 3 aliphatic rings. The Hall–Kier alpha value is -2.98. The van der Waals surface area contributed by atoms with E-state index in [2.05, 4.69) is 26.6 Å². The third kappa shape index (κ3) is 4.52. The van der Waals surface area contributed by atoms with Crippen LogP contribution in [0.3, 0.4) is 0 Å². The Morgan fingerprint density at radius 1 is 1.21 bits per heavy atom. The lowest BCUT2D eigenvalue weighted by atomic mass is 9.80. The fourth-order valence-electron chi connectivity index (χ4n) is 5.05. The smallest absolute Gasteiger partial charge is 0.361 e. The van der Waals surface area contributed by atoms with Gasteiger partial charge in [-0.15, -0.1) is 0 Å². The number of nitrogens with one attached hydrogen (secondary N) is 2. The third-order valence-electron chi connectivity index (χ3n) is 6.95. The first kappa shape index (κ1) is 22.8. The minimum atomic E-state index is -4.53. The molecule has 2 saturated heterocycles. The third-order valence-corrected chi connectivity index (χ3v) is 6.95. The Bertz CT molecular complexity index is 1070. The molecule has 0 radical (unpaired) electrons. The van der Waals surface area contributed by atoms with Crippen molar-refractivity contribution in [3.05, 3.63) is 65.5 Å². The molecule has 0 bridgehead atoms. The van der Waals surface area contributed by atoms with E-state index in [0.717, 1.165) is 50.0 Å². The van der Waals surface area contributed by atoms with E-state index < -0.39 is 17.6 Å². The van der Waals surface area contributed by atoms with Crippen molar-refractivity contribution in [2.45, 2.75) is 49.2 Å². The van der Waals surface area contributed by atoms with Crippen LogP contribution < -0.4 is 10.6 Å². The minimum absolute atomic E-state index is 0.0110. The first-order valence-corrected chi connectivity index (χ1v) is 11.3. The monoisotopic (exact) mass is 474 g/mol. The van der Waals surface area contributed by atoms with Crippen LogP contribution in [-0.4, -0.2) is 59.5 Å². The van der Waals surface area contributed by atoms with Crippen LogP contribution in [0.5, 0.6) is 0 Å². The molecule has 10 heteroatoms.